The number of benzene rings is 1. The minimum atomic E-state index is -0.141. The van der Waals surface area contributed by atoms with Crippen LogP contribution < -0.4 is 15.7 Å². The zero-order chi connectivity index (χ0) is 20.4. The second-order valence-electron chi connectivity index (χ2n) is 7.56. The second-order valence-corrected chi connectivity index (χ2v) is 7.56. The first-order valence-electron chi connectivity index (χ1n) is 10.0. The van der Waals surface area contributed by atoms with E-state index in [1.807, 2.05) is 44.2 Å². The van der Waals surface area contributed by atoms with Crippen LogP contribution in [0.25, 0.3) is 5.69 Å². The number of hydrogen-bond donors (Lipinski definition) is 1. The minimum absolute atomic E-state index is 0.141. The Labute approximate surface area is 170 Å². The van der Waals surface area contributed by atoms with Gasteiger partial charge in [0.15, 0.2) is 0 Å². The summed E-state index contributed by atoms with van der Waals surface area (Å²) in [5.41, 5.74) is 3.41. The van der Waals surface area contributed by atoms with Crippen LogP contribution in [-0.4, -0.2) is 39.5 Å². The van der Waals surface area contributed by atoms with E-state index in [-0.39, 0.29) is 11.6 Å². The first-order chi connectivity index (χ1) is 14.1. The molecule has 0 bridgehead atoms. The topological polar surface area (TPSA) is 74.0 Å². The van der Waals surface area contributed by atoms with Crippen LogP contribution in [0.1, 0.15) is 41.4 Å². The first-order valence-corrected chi connectivity index (χ1v) is 10.0. The number of methoxy groups -OCH3 is 1. The number of para-hydroxylation sites is 1. The lowest BCUT2D eigenvalue weighted by Gasteiger charge is -2.22. The summed E-state index contributed by atoms with van der Waals surface area (Å²) >= 11 is 0. The highest BCUT2D eigenvalue weighted by Gasteiger charge is 2.25. The van der Waals surface area contributed by atoms with Crippen molar-refractivity contribution in [1.29, 1.82) is 0 Å². The summed E-state index contributed by atoms with van der Waals surface area (Å²) in [4.78, 5) is 17.9. The summed E-state index contributed by atoms with van der Waals surface area (Å²) in [6.07, 6.45) is 3.88. The fourth-order valence-corrected chi connectivity index (χ4v) is 4.06. The number of nitrogens with one attached hydrogen (secondary N) is 1. The van der Waals surface area contributed by atoms with E-state index >= 15 is 0 Å². The van der Waals surface area contributed by atoms with Crippen LogP contribution in [0.15, 0.2) is 41.3 Å². The minimum Gasteiger partial charge on any atom is -0.496 e. The number of piperidine rings is 1. The first kappa shape index (κ1) is 19.4. The van der Waals surface area contributed by atoms with E-state index in [1.54, 1.807) is 17.9 Å². The molecule has 0 aliphatic carbocycles. The quantitative estimate of drug-likeness (QED) is 0.721. The molecule has 7 nitrogen and oxygen atoms in total. The van der Waals surface area contributed by atoms with E-state index < -0.39 is 0 Å². The Morgan fingerprint density at radius 1 is 1.24 bits per heavy atom. The molecule has 1 fully saturated rings. The van der Waals surface area contributed by atoms with Gasteiger partial charge in [-0.05, 0) is 45.4 Å². The van der Waals surface area contributed by atoms with Crippen molar-refractivity contribution in [2.24, 2.45) is 0 Å². The lowest BCUT2D eigenvalue weighted by atomic mass is 9.99. The van der Waals surface area contributed by atoms with Crippen LogP contribution in [0.3, 0.4) is 0 Å². The molecule has 0 saturated carbocycles. The number of ether oxygens (including phenoxy) is 1. The highest BCUT2D eigenvalue weighted by atomic mass is 16.5. The molecule has 1 aromatic carbocycles. The molecule has 7 heteroatoms. The van der Waals surface area contributed by atoms with Gasteiger partial charge in [0.05, 0.1) is 25.0 Å². The van der Waals surface area contributed by atoms with Gasteiger partial charge in [-0.15, -0.1) is 0 Å². The van der Waals surface area contributed by atoms with Gasteiger partial charge in [-0.2, -0.15) is 5.10 Å². The van der Waals surface area contributed by atoms with Crippen molar-refractivity contribution in [3.8, 4) is 11.4 Å². The Kier molecular flexibility index (Phi) is 5.49. The van der Waals surface area contributed by atoms with Crippen molar-refractivity contribution < 1.29 is 4.74 Å². The average Bonchev–Trinajstić information content (AvgIpc) is 3.08. The maximum Gasteiger partial charge on any atom is 0.350 e. The molecule has 1 aliphatic rings. The molecule has 29 heavy (non-hydrogen) atoms. The predicted octanol–water partition coefficient (Wildman–Crippen LogP) is 2.57. The molecule has 152 valence electrons. The van der Waals surface area contributed by atoms with Crippen molar-refractivity contribution in [1.82, 2.24) is 24.6 Å². The average molecular weight is 393 g/mol. The number of aryl methyl sites for hydroxylation is 1. The van der Waals surface area contributed by atoms with Crippen LogP contribution in [0, 0.1) is 13.8 Å². The second kappa shape index (κ2) is 8.21. The van der Waals surface area contributed by atoms with E-state index in [4.69, 9.17) is 9.84 Å². The predicted molar refractivity (Wildman–Crippen MR) is 112 cm³/mol. The summed E-state index contributed by atoms with van der Waals surface area (Å²) in [5.74, 6) is 1.83. The molecule has 3 heterocycles. The number of pyridine rings is 1. The fraction of sp³-hybridized carbons (Fsp3) is 0.409. The largest absolute Gasteiger partial charge is 0.496 e. The van der Waals surface area contributed by atoms with Gasteiger partial charge in [-0.3, -0.25) is 4.98 Å². The van der Waals surface area contributed by atoms with Crippen molar-refractivity contribution in [3.63, 3.8) is 0 Å². The van der Waals surface area contributed by atoms with Gasteiger partial charge in [0.2, 0.25) is 0 Å². The zero-order valence-corrected chi connectivity index (χ0v) is 17.2. The SMILES string of the molecule is COc1c(C)cnc(Cn2nc(C3CCCNC3)n(-c3ccccc3)c2=O)c1C. The van der Waals surface area contributed by atoms with Gasteiger partial charge in [-0.1, -0.05) is 18.2 Å². The molecule has 1 N–H and O–H groups in total. The molecule has 1 unspecified atom stereocenters. The standard InChI is InChI=1S/C22H27N5O2/c1-15-12-24-19(16(2)20(15)29-3)14-26-22(28)27(18-9-5-4-6-10-18)21(25-26)17-8-7-11-23-13-17/h4-6,9-10,12,17,23H,7-8,11,13-14H2,1-3H3. The van der Waals surface area contributed by atoms with Crippen molar-refractivity contribution >= 4 is 0 Å². The third kappa shape index (κ3) is 3.70. The molecule has 0 radical (unpaired) electrons. The van der Waals surface area contributed by atoms with Gasteiger partial charge in [0.1, 0.15) is 11.6 Å². The number of nitrogens with zero attached hydrogens (tertiary/aromatic N) is 4. The fourth-order valence-electron chi connectivity index (χ4n) is 4.06. The molecule has 1 saturated heterocycles. The molecule has 3 aromatic rings. The van der Waals surface area contributed by atoms with Crippen LogP contribution >= 0.6 is 0 Å². The lowest BCUT2D eigenvalue weighted by Crippen LogP contribution is -2.31. The molecule has 0 spiro atoms. The normalized spacial score (nSPS) is 16.7. The third-order valence-electron chi connectivity index (χ3n) is 5.59. The Bertz CT molecular complexity index is 1050. The summed E-state index contributed by atoms with van der Waals surface area (Å²) in [5, 5.41) is 8.20. The van der Waals surface area contributed by atoms with Crippen LogP contribution in [0.4, 0.5) is 0 Å². The van der Waals surface area contributed by atoms with Crippen LogP contribution in [-0.2, 0) is 6.54 Å². The Morgan fingerprint density at radius 2 is 2.03 bits per heavy atom. The van der Waals surface area contributed by atoms with E-state index in [0.29, 0.717) is 6.54 Å². The molecule has 1 atom stereocenters. The van der Waals surface area contributed by atoms with Crippen molar-refractivity contribution in [3.05, 3.63) is 69.7 Å². The monoisotopic (exact) mass is 393 g/mol. The number of hydrogen-bond acceptors (Lipinski definition) is 5. The van der Waals surface area contributed by atoms with E-state index in [9.17, 15) is 4.79 Å². The lowest BCUT2D eigenvalue weighted by molar-refractivity contribution is 0.406. The third-order valence-corrected chi connectivity index (χ3v) is 5.59. The van der Waals surface area contributed by atoms with E-state index in [1.165, 1.54) is 4.68 Å². The van der Waals surface area contributed by atoms with E-state index in [0.717, 1.165) is 60.0 Å². The maximum absolute atomic E-state index is 13.4. The van der Waals surface area contributed by atoms with Gasteiger partial charge in [-0.25, -0.2) is 14.0 Å². The van der Waals surface area contributed by atoms with Crippen LogP contribution in [0.5, 0.6) is 5.75 Å². The molecule has 0 amide bonds. The summed E-state index contributed by atoms with van der Waals surface area (Å²) in [6, 6.07) is 9.74. The Morgan fingerprint density at radius 3 is 2.72 bits per heavy atom. The maximum atomic E-state index is 13.4. The highest BCUT2D eigenvalue weighted by molar-refractivity contribution is 5.41. The van der Waals surface area contributed by atoms with Gasteiger partial charge in [0.25, 0.3) is 0 Å². The summed E-state index contributed by atoms with van der Waals surface area (Å²) in [6.45, 7) is 6.10. The molecular weight excluding hydrogens is 366 g/mol. The molecule has 2 aromatic heterocycles. The van der Waals surface area contributed by atoms with Crippen LogP contribution in [0.2, 0.25) is 0 Å². The molecular formula is C22H27N5O2. The summed E-state index contributed by atoms with van der Waals surface area (Å²) < 4.78 is 8.79. The molecule has 1 aliphatic heterocycles. The zero-order valence-electron chi connectivity index (χ0n) is 17.2. The van der Waals surface area contributed by atoms with E-state index in [2.05, 4.69) is 10.3 Å². The van der Waals surface area contributed by atoms with Gasteiger partial charge >= 0.3 is 5.69 Å². The molecule has 4 rings (SSSR count). The van der Waals surface area contributed by atoms with Gasteiger partial charge < -0.3 is 10.1 Å². The number of aromatic nitrogens is 4. The Hall–Kier alpha value is -2.93. The van der Waals surface area contributed by atoms with Crippen molar-refractivity contribution in [2.45, 2.75) is 39.2 Å². The highest BCUT2D eigenvalue weighted by Crippen LogP contribution is 2.25. The number of rotatable bonds is 5. The van der Waals surface area contributed by atoms with Gasteiger partial charge in [0, 0.05) is 29.8 Å². The smallest absolute Gasteiger partial charge is 0.350 e. The summed E-state index contributed by atoms with van der Waals surface area (Å²) in [7, 11) is 1.66. The van der Waals surface area contributed by atoms with Crippen molar-refractivity contribution in [2.75, 3.05) is 20.2 Å². The Balaban J connectivity index is 1.79.